The van der Waals surface area contributed by atoms with Crippen molar-refractivity contribution in [3.63, 3.8) is 0 Å². The van der Waals surface area contributed by atoms with Crippen LogP contribution in [0.25, 0.3) is 22.2 Å². The number of hydrogen-bond acceptors (Lipinski definition) is 6. The second kappa shape index (κ2) is 8.72. The molecule has 4 bridgehead atoms. The number of nitrogens with one attached hydrogen (secondary N) is 1. The minimum atomic E-state index is -0.353. The van der Waals surface area contributed by atoms with E-state index in [2.05, 4.69) is 15.3 Å². The zero-order chi connectivity index (χ0) is 23.1. The first-order chi connectivity index (χ1) is 15.9. The molecule has 3 atom stereocenters. The lowest BCUT2D eigenvalue weighted by molar-refractivity contribution is -0.133. The summed E-state index contributed by atoms with van der Waals surface area (Å²) in [6.07, 6.45) is 1.80. The molecule has 1 N–H and O–H groups in total. The van der Waals surface area contributed by atoms with Crippen molar-refractivity contribution >= 4 is 16.9 Å². The van der Waals surface area contributed by atoms with Gasteiger partial charge in [-0.15, -0.1) is 0 Å². The van der Waals surface area contributed by atoms with Crippen molar-refractivity contribution in [3.05, 3.63) is 42.1 Å². The monoisotopic (exact) mass is 453 g/mol. The van der Waals surface area contributed by atoms with Gasteiger partial charge in [0.15, 0.2) is 0 Å². The molecular formula is C24H28FN5O3. The Balaban J connectivity index is 1.67. The van der Waals surface area contributed by atoms with Crippen molar-refractivity contribution in [1.29, 1.82) is 0 Å². The molecule has 1 saturated heterocycles. The number of hydrogen-bond donors (Lipinski definition) is 1. The van der Waals surface area contributed by atoms with E-state index in [0.29, 0.717) is 44.1 Å². The molecule has 9 heteroatoms. The van der Waals surface area contributed by atoms with Crippen LogP contribution in [0.2, 0.25) is 0 Å². The summed E-state index contributed by atoms with van der Waals surface area (Å²) in [5.74, 6) is 0.861. The Hall–Kier alpha value is -3.04. The molecule has 1 amide bonds. The van der Waals surface area contributed by atoms with Crippen molar-refractivity contribution in [3.8, 4) is 17.0 Å². The quantitative estimate of drug-likeness (QED) is 0.642. The summed E-state index contributed by atoms with van der Waals surface area (Å²) >= 11 is 0. The van der Waals surface area contributed by atoms with Crippen LogP contribution in [0, 0.1) is 12.7 Å². The van der Waals surface area contributed by atoms with Gasteiger partial charge in [-0.2, -0.15) is 0 Å². The summed E-state index contributed by atoms with van der Waals surface area (Å²) in [6.45, 7) is 5.84. The highest BCUT2D eigenvalue weighted by atomic mass is 19.1. The van der Waals surface area contributed by atoms with E-state index in [0.717, 1.165) is 22.5 Å². The standard InChI is InChI=1S/C24H28FN5O3/c1-4-32-18-12-29(3)24(31)21-10-17(11-27-21)33-22-7-15(5-6-26-22)19-8-16(25)9-20-23(19)30(13-18)14(2)28-20/h5-9,17-18,21,27H,4,10-13H2,1-3H3/t17-,18-,21-/m0/s1. The summed E-state index contributed by atoms with van der Waals surface area (Å²) in [6, 6.07) is 6.32. The number of rotatable bonds is 2. The number of halogens is 1. The average Bonchev–Trinajstić information content (AvgIpc) is 3.36. The first-order valence-corrected chi connectivity index (χ1v) is 11.3. The summed E-state index contributed by atoms with van der Waals surface area (Å²) in [7, 11) is 1.80. The Bertz CT molecular complexity index is 1200. The van der Waals surface area contributed by atoms with Crippen molar-refractivity contribution in [2.45, 2.75) is 45.1 Å². The van der Waals surface area contributed by atoms with Gasteiger partial charge in [0.25, 0.3) is 0 Å². The number of benzene rings is 1. The van der Waals surface area contributed by atoms with Gasteiger partial charge in [-0.1, -0.05) is 0 Å². The molecular weight excluding hydrogens is 425 g/mol. The van der Waals surface area contributed by atoms with Crippen LogP contribution in [0.3, 0.4) is 0 Å². The molecule has 0 saturated carbocycles. The second-order valence-corrected chi connectivity index (χ2v) is 8.71. The van der Waals surface area contributed by atoms with Gasteiger partial charge in [0.1, 0.15) is 17.7 Å². The van der Waals surface area contributed by atoms with Gasteiger partial charge in [-0.05, 0) is 31.5 Å². The van der Waals surface area contributed by atoms with Crippen LogP contribution in [0.1, 0.15) is 19.2 Å². The number of fused-ring (bicyclic) bond motifs is 5. The Labute approximate surface area is 191 Å². The number of likely N-dealkylation sites (N-methyl/N-ethyl adjacent to an activating group) is 1. The Morgan fingerprint density at radius 1 is 1.30 bits per heavy atom. The van der Waals surface area contributed by atoms with Crippen molar-refractivity contribution < 1.29 is 18.7 Å². The summed E-state index contributed by atoms with van der Waals surface area (Å²) in [5.41, 5.74) is 2.91. The van der Waals surface area contributed by atoms with Crippen LogP contribution in [0.4, 0.5) is 4.39 Å². The van der Waals surface area contributed by atoms with Gasteiger partial charge in [0.2, 0.25) is 11.8 Å². The topological polar surface area (TPSA) is 81.5 Å². The van der Waals surface area contributed by atoms with Gasteiger partial charge in [0, 0.05) is 57.1 Å². The predicted molar refractivity (Wildman–Crippen MR) is 122 cm³/mol. The normalized spacial score (nSPS) is 23.3. The zero-order valence-electron chi connectivity index (χ0n) is 19.0. The SMILES string of the molecule is CCO[C@H]1CN(C)C(=O)[C@@H]2C[C@@H](CN2)Oc2cc(ccn2)-c2cc(F)cc3nc(C)n(c23)C1. The third-order valence-corrected chi connectivity index (χ3v) is 6.36. The number of aromatic nitrogens is 3. The summed E-state index contributed by atoms with van der Waals surface area (Å²) in [4.78, 5) is 23.8. The number of aryl methyl sites for hydroxylation is 1. The highest BCUT2D eigenvalue weighted by Gasteiger charge is 2.34. The maximum absolute atomic E-state index is 14.6. The number of ether oxygens (including phenoxy) is 2. The molecule has 5 rings (SSSR count). The molecule has 0 unspecified atom stereocenters. The van der Waals surface area contributed by atoms with Crippen molar-refractivity contribution in [1.82, 2.24) is 24.8 Å². The van der Waals surface area contributed by atoms with Gasteiger partial charge >= 0.3 is 0 Å². The van der Waals surface area contributed by atoms with Gasteiger partial charge < -0.3 is 24.3 Å². The molecule has 1 fully saturated rings. The van der Waals surface area contributed by atoms with E-state index in [-0.39, 0.29) is 30.0 Å². The van der Waals surface area contributed by atoms with E-state index in [1.54, 1.807) is 18.1 Å². The number of imidazole rings is 1. The van der Waals surface area contributed by atoms with Gasteiger partial charge in [-0.25, -0.2) is 14.4 Å². The minimum Gasteiger partial charge on any atom is -0.473 e. The molecule has 4 heterocycles. The van der Waals surface area contributed by atoms with Gasteiger partial charge in [0.05, 0.1) is 29.7 Å². The van der Waals surface area contributed by atoms with E-state index in [1.165, 1.54) is 12.1 Å². The summed E-state index contributed by atoms with van der Waals surface area (Å²) < 4.78 is 28.8. The van der Waals surface area contributed by atoms with Crippen LogP contribution >= 0.6 is 0 Å². The molecule has 174 valence electrons. The molecule has 8 nitrogen and oxygen atoms in total. The lowest BCUT2D eigenvalue weighted by atomic mass is 10.0. The summed E-state index contributed by atoms with van der Waals surface area (Å²) in [5, 5.41) is 3.27. The van der Waals surface area contributed by atoms with Crippen molar-refractivity contribution in [2.75, 3.05) is 26.7 Å². The second-order valence-electron chi connectivity index (χ2n) is 8.71. The van der Waals surface area contributed by atoms with E-state index < -0.39 is 0 Å². The maximum Gasteiger partial charge on any atom is 0.239 e. The average molecular weight is 454 g/mol. The fraction of sp³-hybridized carbons (Fsp3) is 0.458. The fourth-order valence-corrected chi connectivity index (χ4v) is 4.85. The molecule has 2 aliphatic rings. The number of carbonyl (C=O) groups is 1. The zero-order valence-corrected chi connectivity index (χ0v) is 19.0. The van der Waals surface area contributed by atoms with E-state index in [9.17, 15) is 9.18 Å². The molecule has 33 heavy (non-hydrogen) atoms. The van der Waals surface area contributed by atoms with Crippen LogP contribution in [-0.2, 0) is 16.1 Å². The molecule has 2 aromatic heterocycles. The molecule has 0 aliphatic carbocycles. The third-order valence-electron chi connectivity index (χ3n) is 6.36. The van der Waals surface area contributed by atoms with Crippen molar-refractivity contribution in [2.24, 2.45) is 0 Å². The smallest absolute Gasteiger partial charge is 0.239 e. The number of nitrogens with zero attached hydrogens (tertiary/aromatic N) is 4. The molecule has 1 aromatic carbocycles. The lowest BCUT2D eigenvalue weighted by Crippen LogP contribution is -2.45. The maximum atomic E-state index is 14.6. The van der Waals surface area contributed by atoms with Crippen LogP contribution in [0.5, 0.6) is 5.88 Å². The minimum absolute atomic E-state index is 0.0114. The first-order valence-electron chi connectivity index (χ1n) is 11.3. The van der Waals surface area contributed by atoms with E-state index in [1.807, 2.05) is 30.5 Å². The lowest BCUT2D eigenvalue weighted by Gasteiger charge is -2.27. The molecule has 0 spiro atoms. The molecule has 2 aliphatic heterocycles. The first kappa shape index (κ1) is 21.8. The van der Waals surface area contributed by atoms with Gasteiger partial charge in [-0.3, -0.25) is 4.79 Å². The van der Waals surface area contributed by atoms with E-state index >= 15 is 0 Å². The Morgan fingerprint density at radius 2 is 2.15 bits per heavy atom. The largest absolute Gasteiger partial charge is 0.473 e. The highest BCUT2D eigenvalue weighted by molar-refractivity contribution is 5.93. The van der Waals surface area contributed by atoms with Crippen LogP contribution < -0.4 is 10.1 Å². The number of carbonyl (C=O) groups excluding carboxylic acids is 1. The Kier molecular flexibility index (Phi) is 5.76. The number of amides is 1. The predicted octanol–water partition coefficient (Wildman–Crippen LogP) is 2.53. The molecule has 0 radical (unpaired) electrons. The highest BCUT2D eigenvalue weighted by Crippen LogP contribution is 2.33. The van der Waals surface area contributed by atoms with E-state index in [4.69, 9.17) is 9.47 Å². The third kappa shape index (κ3) is 4.18. The molecule has 3 aromatic rings. The number of pyridine rings is 1. The van der Waals surface area contributed by atoms with Crippen LogP contribution in [-0.4, -0.2) is 70.3 Å². The van der Waals surface area contributed by atoms with Crippen LogP contribution in [0.15, 0.2) is 30.5 Å². The fourth-order valence-electron chi connectivity index (χ4n) is 4.85. The Morgan fingerprint density at radius 3 is 2.97 bits per heavy atom.